The Bertz CT molecular complexity index is 948. The molecule has 4 rings (SSSR count). The van der Waals surface area contributed by atoms with Gasteiger partial charge in [0, 0.05) is 38.4 Å². The van der Waals surface area contributed by atoms with E-state index >= 15 is 0 Å². The van der Waals surface area contributed by atoms with Gasteiger partial charge in [0.25, 0.3) is 0 Å². The predicted octanol–water partition coefficient (Wildman–Crippen LogP) is 3.76. The molecule has 29 heavy (non-hydrogen) atoms. The molecule has 1 aliphatic rings. The Kier molecular flexibility index (Phi) is 6.12. The van der Waals surface area contributed by atoms with Crippen LogP contribution >= 0.6 is 0 Å². The van der Waals surface area contributed by atoms with Crippen molar-refractivity contribution in [1.82, 2.24) is 20.1 Å². The van der Waals surface area contributed by atoms with Crippen molar-refractivity contribution in [3.63, 3.8) is 0 Å². The summed E-state index contributed by atoms with van der Waals surface area (Å²) in [6, 6.07) is 18.6. The van der Waals surface area contributed by atoms with Gasteiger partial charge in [0.15, 0.2) is 5.82 Å². The topological polar surface area (TPSA) is 57.2 Å². The van der Waals surface area contributed by atoms with Gasteiger partial charge in [-0.3, -0.25) is 4.90 Å². The standard InChI is InChI=1S/C23H26N6/c1-19-7-5-11-21(17-19)25-23-26-22(18-24-27-23)29-15-13-28(14-16-29)12-6-10-20-8-3-2-4-9-20/h2-11,17-18H,12-16H2,1H3,(H,25,26,27)/b10-6+. The van der Waals surface area contributed by atoms with E-state index in [4.69, 9.17) is 0 Å². The highest BCUT2D eigenvalue weighted by molar-refractivity contribution is 5.55. The van der Waals surface area contributed by atoms with Gasteiger partial charge in [-0.15, -0.1) is 5.10 Å². The third kappa shape index (κ3) is 5.39. The summed E-state index contributed by atoms with van der Waals surface area (Å²) >= 11 is 0. The largest absolute Gasteiger partial charge is 0.353 e. The lowest BCUT2D eigenvalue weighted by atomic mass is 10.2. The second-order valence-electron chi connectivity index (χ2n) is 7.23. The first-order valence-corrected chi connectivity index (χ1v) is 9.98. The lowest BCUT2D eigenvalue weighted by molar-refractivity contribution is 0.283. The molecule has 3 aromatic rings. The minimum atomic E-state index is 0.529. The Labute approximate surface area is 171 Å². The third-order valence-electron chi connectivity index (χ3n) is 4.99. The maximum absolute atomic E-state index is 4.66. The molecular formula is C23H26N6. The fraction of sp³-hybridized carbons (Fsp3) is 0.261. The van der Waals surface area contributed by atoms with E-state index in [0.29, 0.717) is 5.95 Å². The summed E-state index contributed by atoms with van der Waals surface area (Å²) in [7, 11) is 0. The maximum atomic E-state index is 4.66. The van der Waals surface area contributed by atoms with Gasteiger partial charge in [0.2, 0.25) is 5.95 Å². The van der Waals surface area contributed by atoms with Crippen LogP contribution in [0.5, 0.6) is 0 Å². The van der Waals surface area contributed by atoms with Crippen LogP contribution in [-0.2, 0) is 0 Å². The number of nitrogens with one attached hydrogen (secondary N) is 1. The molecule has 1 saturated heterocycles. The van der Waals surface area contributed by atoms with Crippen LogP contribution in [0.4, 0.5) is 17.5 Å². The Morgan fingerprint density at radius 2 is 1.83 bits per heavy atom. The highest BCUT2D eigenvalue weighted by atomic mass is 15.3. The van der Waals surface area contributed by atoms with Crippen LogP contribution in [-0.4, -0.2) is 52.8 Å². The molecule has 0 amide bonds. The van der Waals surface area contributed by atoms with E-state index in [1.807, 2.05) is 18.2 Å². The molecule has 0 bridgehead atoms. The Morgan fingerprint density at radius 3 is 2.62 bits per heavy atom. The van der Waals surface area contributed by atoms with Gasteiger partial charge >= 0.3 is 0 Å². The van der Waals surface area contributed by atoms with Crippen LogP contribution in [0, 0.1) is 6.92 Å². The molecule has 0 spiro atoms. The molecule has 1 aliphatic heterocycles. The normalized spacial score (nSPS) is 15.0. The van der Waals surface area contributed by atoms with Crippen LogP contribution in [0.2, 0.25) is 0 Å². The van der Waals surface area contributed by atoms with Crippen LogP contribution in [0.15, 0.2) is 66.9 Å². The van der Waals surface area contributed by atoms with Gasteiger partial charge < -0.3 is 10.2 Å². The van der Waals surface area contributed by atoms with Crippen molar-refractivity contribution in [2.45, 2.75) is 6.92 Å². The van der Waals surface area contributed by atoms with E-state index in [1.165, 1.54) is 11.1 Å². The zero-order chi connectivity index (χ0) is 19.9. The molecule has 0 unspecified atom stereocenters. The predicted molar refractivity (Wildman–Crippen MR) is 118 cm³/mol. The molecule has 0 radical (unpaired) electrons. The van der Waals surface area contributed by atoms with Crippen LogP contribution < -0.4 is 10.2 Å². The van der Waals surface area contributed by atoms with Gasteiger partial charge in [0.1, 0.15) is 0 Å². The number of aryl methyl sites for hydroxylation is 1. The molecule has 6 nitrogen and oxygen atoms in total. The summed E-state index contributed by atoms with van der Waals surface area (Å²) < 4.78 is 0. The van der Waals surface area contributed by atoms with Crippen LogP contribution in [0.25, 0.3) is 6.08 Å². The first-order valence-electron chi connectivity index (χ1n) is 9.98. The number of anilines is 3. The Hall–Kier alpha value is -3.25. The minimum Gasteiger partial charge on any atom is -0.353 e. The number of hydrogen-bond donors (Lipinski definition) is 1. The summed E-state index contributed by atoms with van der Waals surface area (Å²) in [4.78, 5) is 9.38. The van der Waals surface area contributed by atoms with Gasteiger partial charge in [-0.25, -0.2) is 0 Å². The highest BCUT2D eigenvalue weighted by Crippen LogP contribution is 2.17. The van der Waals surface area contributed by atoms with Crippen molar-refractivity contribution < 1.29 is 0 Å². The maximum Gasteiger partial charge on any atom is 0.249 e. The molecular weight excluding hydrogens is 360 g/mol. The van der Waals surface area contributed by atoms with E-state index in [0.717, 1.165) is 44.2 Å². The fourth-order valence-corrected chi connectivity index (χ4v) is 3.41. The molecule has 1 N–H and O–H groups in total. The minimum absolute atomic E-state index is 0.529. The molecule has 1 fully saturated rings. The van der Waals surface area contributed by atoms with E-state index in [-0.39, 0.29) is 0 Å². The first kappa shape index (κ1) is 19.1. The lowest BCUT2D eigenvalue weighted by Gasteiger charge is -2.34. The molecule has 0 atom stereocenters. The van der Waals surface area contributed by atoms with E-state index in [2.05, 4.69) is 85.8 Å². The van der Waals surface area contributed by atoms with Crippen molar-refractivity contribution in [3.8, 4) is 0 Å². The van der Waals surface area contributed by atoms with Gasteiger partial charge in [0.05, 0.1) is 6.20 Å². The number of nitrogens with zero attached hydrogens (tertiary/aromatic N) is 5. The number of benzene rings is 2. The smallest absolute Gasteiger partial charge is 0.249 e. The fourth-order valence-electron chi connectivity index (χ4n) is 3.41. The summed E-state index contributed by atoms with van der Waals surface area (Å²) in [6.07, 6.45) is 6.16. The number of rotatable bonds is 6. The van der Waals surface area contributed by atoms with Crippen molar-refractivity contribution in [2.24, 2.45) is 0 Å². The number of aromatic nitrogens is 3. The van der Waals surface area contributed by atoms with Gasteiger partial charge in [-0.1, -0.05) is 54.6 Å². The van der Waals surface area contributed by atoms with Gasteiger partial charge in [-0.2, -0.15) is 10.1 Å². The van der Waals surface area contributed by atoms with E-state index in [9.17, 15) is 0 Å². The van der Waals surface area contributed by atoms with E-state index < -0.39 is 0 Å². The average Bonchev–Trinajstić information content (AvgIpc) is 2.75. The molecule has 1 aromatic heterocycles. The molecule has 0 aliphatic carbocycles. The molecule has 6 heteroatoms. The number of hydrogen-bond acceptors (Lipinski definition) is 6. The van der Waals surface area contributed by atoms with Crippen LogP contribution in [0.3, 0.4) is 0 Å². The van der Waals surface area contributed by atoms with Crippen molar-refractivity contribution >= 4 is 23.5 Å². The average molecular weight is 387 g/mol. The Balaban J connectivity index is 1.31. The van der Waals surface area contributed by atoms with Crippen molar-refractivity contribution in [3.05, 3.63) is 78.0 Å². The zero-order valence-electron chi connectivity index (χ0n) is 16.7. The molecule has 2 heterocycles. The summed E-state index contributed by atoms with van der Waals surface area (Å²) in [5.41, 5.74) is 3.40. The monoisotopic (exact) mass is 386 g/mol. The first-order chi connectivity index (χ1) is 14.3. The van der Waals surface area contributed by atoms with E-state index in [1.54, 1.807) is 6.20 Å². The second kappa shape index (κ2) is 9.30. The summed E-state index contributed by atoms with van der Waals surface area (Å²) in [6.45, 7) is 6.90. The molecule has 2 aromatic carbocycles. The zero-order valence-corrected chi connectivity index (χ0v) is 16.7. The Morgan fingerprint density at radius 1 is 1.00 bits per heavy atom. The number of piperazine rings is 1. The highest BCUT2D eigenvalue weighted by Gasteiger charge is 2.18. The molecule has 148 valence electrons. The van der Waals surface area contributed by atoms with Gasteiger partial charge in [-0.05, 0) is 30.2 Å². The van der Waals surface area contributed by atoms with Crippen molar-refractivity contribution in [1.29, 1.82) is 0 Å². The lowest BCUT2D eigenvalue weighted by Crippen LogP contribution is -2.46. The second-order valence-corrected chi connectivity index (χ2v) is 7.23. The summed E-state index contributed by atoms with van der Waals surface area (Å²) in [5, 5.41) is 11.5. The quantitative estimate of drug-likeness (QED) is 0.696. The van der Waals surface area contributed by atoms with Crippen molar-refractivity contribution in [2.75, 3.05) is 42.9 Å². The summed E-state index contributed by atoms with van der Waals surface area (Å²) in [5.74, 6) is 1.40. The molecule has 0 saturated carbocycles. The SMILES string of the molecule is Cc1cccc(Nc2nncc(N3CCN(C/C=C/c4ccccc4)CC3)n2)c1. The third-order valence-corrected chi connectivity index (χ3v) is 4.99. The van der Waals surface area contributed by atoms with Crippen LogP contribution in [0.1, 0.15) is 11.1 Å².